The fraction of sp³-hybridized carbons (Fsp3) is 0.400. The van der Waals surface area contributed by atoms with Crippen LogP contribution in [0.1, 0.15) is 26.7 Å². The van der Waals surface area contributed by atoms with Crippen molar-refractivity contribution in [3.63, 3.8) is 0 Å². The summed E-state index contributed by atoms with van der Waals surface area (Å²) in [7, 11) is 0. The van der Waals surface area contributed by atoms with Gasteiger partial charge in [-0.3, -0.25) is 0 Å². The molecule has 1 aromatic heterocycles. The van der Waals surface area contributed by atoms with Gasteiger partial charge in [0.25, 0.3) is 0 Å². The summed E-state index contributed by atoms with van der Waals surface area (Å²) in [6.45, 7) is 5.33. The molecule has 0 bridgehead atoms. The van der Waals surface area contributed by atoms with Gasteiger partial charge in [0.1, 0.15) is 5.75 Å². The number of nitrogens with zero attached hydrogens (tertiary/aromatic N) is 3. The summed E-state index contributed by atoms with van der Waals surface area (Å²) in [6.07, 6.45) is 1.85. The van der Waals surface area contributed by atoms with E-state index in [4.69, 9.17) is 21.1 Å². The minimum absolute atomic E-state index is 0.123. The predicted octanol–water partition coefficient (Wildman–Crippen LogP) is 3.77. The molecule has 0 saturated carbocycles. The van der Waals surface area contributed by atoms with E-state index in [1.165, 1.54) is 0 Å². The first kappa shape index (κ1) is 15.5. The molecule has 0 amide bonds. The Balaban J connectivity index is 2.18. The zero-order valence-electron chi connectivity index (χ0n) is 12.2. The van der Waals surface area contributed by atoms with Gasteiger partial charge in [-0.05, 0) is 48.7 Å². The van der Waals surface area contributed by atoms with Crippen LogP contribution in [0, 0.1) is 0 Å². The van der Waals surface area contributed by atoms with Gasteiger partial charge in [0.15, 0.2) is 5.82 Å². The molecule has 1 heterocycles. The zero-order valence-corrected chi connectivity index (χ0v) is 12.9. The number of hydrogen-bond acceptors (Lipinski definition) is 5. The number of halogens is 1. The summed E-state index contributed by atoms with van der Waals surface area (Å²) in [5.74, 6) is 1.31. The predicted molar refractivity (Wildman–Crippen MR) is 81.8 cm³/mol. The van der Waals surface area contributed by atoms with Crippen molar-refractivity contribution in [3.05, 3.63) is 29.5 Å². The second kappa shape index (κ2) is 7.78. The van der Waals surface area contributed by atoms with Crippen LogP contribution in [-0.2, 0) is 0 Å². The van der Waals surface area contributed by atoms with Crippen molar-refractivity contribution in [1.82, 2.24) is 15.0 Å². The molecule has 1 aromatic carbocycles. The first-order chi connectivity index (χ1) is 10.2. The lowest BCUT2D eigenvalue weighted by molar-refractivity contribution is 0.291. The Hall–Kier alpha value is -1.88. The highest BCUT2D eigenvalue weighted by Crippen LogP contribution is 2.22. The van der Waals surface area contributed by atoms with E-state index in [1.807, 2.05) is 31.2 Å². The second-order valence-corrected chi connectivity index (χ2v) is 4.77. The maximum absolute atomic E-state index is 5.91. The first-order valence-electron chi connectivity index (χ1n) is 7.00. The van der Waals surface area contributed by atoms with Gasteiger partial charge < -0.3 is 9.47 Å². The van der Waals surface area contributed by atoms with E-state index in [1.54, 1.807) is 0 Å². The Morgan fingerprint density at radius 2 is 1.57 bits per heavy atom. The third-order valence-corrected chi connectivity index (χ3v) is 2.78. The number of aromatic nitrogens is 3. The summed E-state index contributed by atoms with van der Waals surface area (Å²) in [5.41, 5.74) is 0.837. The lowest BCUT2D eigenvalue weighted by Crippen LogP contribution is -2.03. The Bertz CT molecular complexity index is 576. The molecule has 6 heteroatoms. The Morgan fingerprint density at radius 1 is 0.905 bits per heavy atom. The molecule has 112 valence electrons. The lowest BCUT2D eigenvalue weighted by Gasteiger charge is -2.07. The fourth-order valence-corrected chi connectivity index (χ4v) is 1.79. The smallest absolute Gasteiger partial charge is 0.321 e. The van der Waals surface area contributed by atoms with Gasteiger partial charge >= 0.3 is 6.01 Å². The molecule has 0 radical (unpaired) electrons. The van der Waals surface area contributed by atoms with Crippen LogP contribution >= 0.6 is 11.6 Å². The topological polar surface area (TPSA) is 57.1 Å². The van der Waals surface area contributed by atoms with Gasteiger partial charge in [0.05, 0.1) is 13.2 Å². The molecule has 0 aliphatic rings. The SMILES string of the molecule is CCCOc1ccc(-c2nc(Cl)nc(OCCC)n2)cc1. The average molecular weight is 308 g/mol. The highest BCUT2D eigenvalue weighted by molar-refractivity contribution is 6.28. The van der Waals surface area contributed by atoms with Gasteiger partial charge in [-0.25, -0.2) is 0 Å². The quantitative estimate of drug-likeness (QED) is 0.779. The van der Waals surface area contributed by atoms with Gasteiger partial charge in [-0.2, -0.15) is 15.0 Å². The molecule has 0 aliphatic carbocycles. The summed E-state index contributed by atoms with van der Waals surface area (Å²) in [6, 6.07) is 7.79. The van der Waals surface area contributed by atoms with Gasteiger partial charge in [0, 0.05) is 5.56 Å². The summed E-state index contributed by atoms with van der Waals surface area (Å²) >= 11 is 5.91. The minimum atomic E-state index is 0.123. The van der Waals surface area contributed by atoms with E-state index in [0.29, 0.717) is 19.0 Å². The standard InChI is InChI=1S/C15H18ClN3O2/c1-3-9-20-12-7-5-11(6-8-12)13-17-14(16)19-15(18-13)21-10-4-2/h5-8H,3-4,9-10H2,1-2H3. The third kappa shape index (κ3) is 4.56. The first-order valence-corrected chi connectivity index (χ1v) is 7.38. The second-order valence-electron chi connectivity index (χ2n) is 4.43. The van der Waals surface area contributed by atoms with Crippen LogP contribution in [0.5, 0.6) is 11.8 Å². The largest absolute Gasteiger partial charge is 0.494 e. The Labute approximate surface area is 129 Å². The van der Waals surface area contributed by atoms with Crippen LogP contribution in [0.2, 0.25) is 5.28 Å². The van der Waals surface area contributed by atoms with Crippen molar-refractivity contribution < 1.29 is 9.47 Å². The molecular weight excluding hydrogens is 290 g/mol. The number of ether oxygens (including phenoxy) is 2. The van der Waals surface area contributed by atoms with E-state index >= 15 is 0 Å². The van der Waals surface area contributed by atoms with Crippen LogP contribution in [0.3, 0.4) is 0 Å². The fourth-order valence-electron chi connectivity index (χ4n) is 1.64. The Kier molecular flexibility index (Phi) is 5.75. The lowest BCUT2D eigenvalue weighted by atomic mass is 10.2. The van der Waals surface area contributed by atoms with Crippen molar-refractivity contribution >= 4 is 11.6 Å². The minimum Gasteiger partial charge on any atom is -0.494 e. The van der Waals surface area contributed by atoms with Crippen LogP contribution in [-0.4, -0.2) is 28.2 Å². The monoisotopic (exact) mass is 307 g/mol. The van der Waals surface area contributed by atoms with Crippen LogP contribution in [0.4, 0.5) is 0 Å². The molecular formula is C15H18ClN3O2. The van der Waals surface area contributed by atoms with Crippen molar-refractivity contribution in [3.8, 4) is 23.1 Å². The molecule has 2 rings (SSSR count). The number of benzene rings is 1. The molecule has 0 unspecified atom stereocenters. The summed E-state index contributed by atoms with van der Waals surface area (Å²) < 4.78 is 10.9. The third-order valence-electron chi connectivity index (χ3n) is 2.61. The van der Waals surface area contributed by atoms with Crippen LogP contribution < -0.4 is 9.47 Å². The maximum Gasteiger partial charge on any atom is 0.321 e. The molecule has 0 atom stereocenters. The molecule has 21 heavy (non-hydrogen) atoms. The van der Waals surface area contributed by atoms with Gasteiger partial charge in [0.2, 0.25) is 5.28 Å². The number of rotatable bonds is 7. The molecule has 5 nitrogen and oxygen atoms in total. The van der Waals surface area contributed by atoms with Crippen molar-refractivity contribution in [2.45, 2.75) is 26.7 Å². The zero-order chi connectivity index (χ0) is 15.1. The van der Waals surface area contributed by atoms with E-state index in [2.05, 4.69) is 21.9 Å². The van der Waals surface area contributed by atoms with E-state index in [9.17, 15) is 0 Å². The molecule has 0 N–H and O–H groups in total. The van der Waals surface area contributed by atoms with E-state index in [0.717, 1.165) is 24.2 Å². The molecule has 0 fully saturated rings. The van der Waals surface area contributed by atoms with Crippen LogP contribution in [0.25, 0.3) is 11.4 Å². The number of hydrogen-bond donors (Lipinski definition) is 0. The highest BCUT2D eigenvalue weighted by Gasteiger charge is 2.08. The molecule has 0 aliphatic heterocycles. The van der Waals surface area contributed by atoms with Gasteiger partial charge in [-0.15, -0.1) is 0 Å². The van der Waals surface area contributed by atoms with E-state index in [-0.39, 0.29) is 11.3 Å². The highest BCUT2D eigenvalue weighted by atomic mass is 35.5. The van der Waals surface area contributed by atoms with Crippen molar-refractivity contribution in [2.24, 2.45) is 0 Å². The van der Waals surface area contributed by atoms with E-state index < -0.39 is 0 Å². The van der Waals surface area contributed by atoms with Crippen molar-refractivity contribution in [2.75, 3.05) is 13.2 Å². The molecule has 2 aromatic rings. The summed E-state index contributed by atoms with van der Waals surface area (Å²) in [4.78, 5) is 12.3. The molecule has 0 saturated heterocycles. The van der Waals surface area contributed by atoms with Crippen molar-refractivity contribution in [1.29, 1.82) is 0 Å². The molecule has 0 spiro atoms. The van der Waals surface area contributed by atoms with Gasteiger partial charge in [-0.1, -0.05) is 13.8 Å². The average Bonchev–Trinajstić information content (AvgIpc) is 2.51. The maximum atomic E-state index is 5.91. The van der Waals surface area contributed by atoms with Crippen LogP contribution in [0.15, 0.2) is 24.3 Å². The normalized spacial score (nSPS) is 10.4. The summed E-state index contributed by atoms with van der Waals surface area (Å²) in [5, 5.41) is 0.123. The Morgan fingerprint density at radius 3 is 2.24 bits per heavy atom.